The number of carbonyl (C=O) groups is 2. The number of thioether (sulfide) groups is 1. The molecule has 2 heterocycles. The van der Waals surface area contributed by atoms with E-state index in [4.69, 9.17) is 4.74 Å². The number of benzene rings is 2. The van der Waals surface area contributed by atoms with Crippen LogP contribution in [-0.4, -0.2) is 22.6 Å². The number of fused-ring (bicyclic) bond motifs is 1. The average Bonchev–Trinajstić information content (AvgIpc) is 3.15. The third kappa shape index (κ3) is 3.63. The van der Waals surface area contributed by atoms with Crippen molar-refractivity contribution in [1.29, 1.82) is 0 Å². The quantitative estimate of drug-likeness (QED) is 0.685. The lowest BCUT2D eigenvalue weighted by Crippen LogP contribution is -2.19. The van der Waals surface area contributed by atoms with Gasteiger partial charge in [0.15, 0.2) is 0 Å². The third-order valence-corrected chi connectivity index (χ3v) is 5.79. The topological polar surface area (TPSA) is 68.3 Å². The fourth-order valence-electron chi connectivity index (χ4n) is 2.52. The first kappa shape index (κ1) is 16.8. The highest BCUT2D eigenvalue weighted by atomic mass is 32.2. The first-order valence-corrected chi connectivity index (χ1v) is 9.79. The summed E-state index contributed by atoms with van der Waals surface area (Å²) >= 11 is 2.97. The SMILES string of the molecule is O=C1CSc2ccc(C(=O)OCc3csc(-c4ccccc4)n3)cc2N1. The van der Waals surface area contributed by atoms with E-state index in [9.17, 15) is 9.59 Å². The van der Waals surface area contributed by atoms with Crippen molar-refractivity contribution >= 4 is 40.7 Å². The standard InChI is InChI=1S/C19H14N2O3S2/c22-17-11-25-16-7-6-13(8-15(16)21-17)19(23)24-9-14-10-26-18(20-14)12-4-2-1-3-5-12/h1-8,10H,9,11H2,(H,21,22). The second-order valence-corrected chi connectivity index (χ2v) is 7.51. The number of ether oxygens (including phenoxy) is 1. The number of nitrogens with one attached hydrogen (secondary N) is 1. The van der Waals surface area contributed by atoms with Gasteiger partial charge in [0.25, 0.3) is 0 Å². The van der Waals surface area contributed by atoms with Gasteiger partial charge in [0.2, 0.25) is 5.91 Å². The molecule has 1 aliphatic rings. The number of nitrogens with zero attached hydrogens (tertiary/aromatic N) is 1. The minimum Gasteiger partial charge on any atom is -0.456 e. The Morgan fingerprint density at radius 2 is 2.04 bits per heavy atom. The summed E-state index contributed by atoms with van der Waals surface area (Å²) in [5.41, 5.74) is 2.81. The number of rotatable bonds is 4. The largest absolute Gasteiger partial charge is 0.456 e. The van der Waals surface area contributed by atoms with Crippen LogP contribution in [0.1, 0.15) is 16.1 Å². The molecule has 0 spiro atoms. The molecule has 0 fully saturated rings. The molecule has 0 radical (unpaired) electrons. The number of esters is 1. The van der Waals surface area contributed by atoms with Crippen molar-refractivity contribution in [3.63, 3.8) is 0 Å². The molecule has 0 saturated carbocycles. The molecule has 7 heteroatoms. The van der Waals surface area contributed by atoms with E-state index in [1.807, 2.05) is 41.8 Å². The zero-order valence-corrected chi connectivity index (χ0v) is 15.2. The van der Waals surface area contributed by atoms with Crippen LogP contribution in [-0.2, 0) is 16.1 Å². The zero-order valence-electron chi connectivity index (χ0n) is 13.6. The molecule has 0 aliphatic carbocycles. The normalized spacial score (nSPS) is 13.0. The van der Waals surface area contributed by atoms with E-state index < -0.39 is 5.97 Å². The Hall–Kier alpha value is -2.64. The van der Waals surface area contributed by atoms with Gasteiger partial charge in [0, 0.05) is 15.8 Å². The molecule has 5 nitrogen and oxygen atoms in total. The molecule has 4 rings (SSSR count). The number of anilines is 1. The summed E-state index contributed by atoms with van der Waals surface area (Å²) in [6.45, 7) is 0.111. The van der Waals surface area contributed by atoms with Gasteiger partial charge in [-0.15, -0.1) is 23.1 Å². The lowest BCUT2D eigenvalue weighted by atomic mass is 10.2. The Balaban J connectivity index is 1.42. The second-order valence-electron chi connectivity index (χ2n) is 5.63. The maximum Gasteiger partial charge on any atom is 0.338 e. The monoisotopic (exact) mass is 382 g/mol. The van der Waals surface area contributed by atoms with Crippen LogP contribution in [0.25, 0.3) is 10.6 Å². The number of hydrogen-bond acceptors (Lipinski definition) is 6. The minimum atomic E-state index is -0.438. The molecule has 0 saturated heterocycles. The summed E-state index contributed by atoms with van der Waals surface area (Å²) in [4.78, 5) is 29.2. The van der Waals surface area contributed by atoms with Gasteiger partial charge >= 0.3 is 5.97 Å². The smallest absolute Gasteiger partial charge is 0.338 e. The predicted molar refractivity (Wildman–Crippen MR) is 102 cm³/mol. The summed E-state index contributed by atoms with van der Waals surface area (Å²) in [6, 6.07) is 15.1. The van der Waals surface area contributed by atoms with Crippen molar-refractivity contribution in [2.24, 2.45) is 0 Å². The van der Waals surface area contributed by atoms with E-state index >= 15 is 0 Å². The zero-order chi connectivity index (χ0) is 17.9. The van der Waals surface area contributed by atoms with Crippen molar-refractivity contribution in [2.45, 2.75) is 11.5 Å². The van der Waals surface area contributed by atoms with E-state index in [-0.39, 0.29) is 12.5 Å². The molecule has 1 amide bonds. The van der Waals surface area contributed by atoms with Crippen LogP contribution in [0.2, 0.25) is 0 Å². The van der Waals surface area contributed by atoms with E-state index in [0.29, 0.717) is 22.7 Å². The molecule has 0 atom stereocenters. The first-order valence-electron chi connectivity index (χ1n) is 7.93. The van der Waals surface area contributed by atoms with Gasteiger partial charge in [-0.2, -0.15) is 0 Å². The van der Waals surface area contributed by atoms with Crippen LogP contribution in [0.15, 0.2) is 58.8 Å². The Bertz CT molecular complexity index is 970. The maximum atomic E-state index is 12.3. The van der Waals surface area contributed by atoms with Crippen LogP contribution in [0, 0.1) is 0 Å². The van der Waals surface area contributed by atoms with Crippen molar-refractivity contribution in [2.75, 3.05) is 11.1 Å². The van der Waals surface area contributed by atoms with Crippen LogP contribution >= 0.6 is 23.1 Å². The van der Waals surface area contributed by atoms with Crippen molar-refractivity contribution < 1.29 is 14.3 Å². The van der Waals surface area contributed by atoms with Gasteiger partial charge in [-0.1, -0.05) is 30.3 Å². The summed E-state index contributed by atoms with van der Waals surface area (Å²) in [5.74, 6) is -0.111. The molecule has 3 aromatic rings. The van der Waals surface area contributed by atoms with E-state index in [1.165, 1.54) is 23.1 Å². The van der Waals surface area contributed by atoms with Crippen molar-refractivity contribution in [3.8, 4) is 10.6 Å². The fraction of sp³-hybridized carbons (Fsp3) is 0.105. The Morgan fingerprint density at radius 3 is 2.88 bits per heavy atom. The molecule has 1 aromatic heterocycles. The average molecular weight is 382 g/mol. The van der Waals surface area contributed by atoms with Crippen LogP contribution in [0.4, 0.5) is 5.69 Å². The predicted octanol–water partition coefficient (Wildman–Crippen LogP) is 4.21. The second kappa shape index (κ2) is 7.31. The molecule has 0 bridgehead atoms. The molecular formula is C19H14N2O3S2. The highest BCUT2D eigenvalue weighted by Crippen LogP contribution is 2.32. The van der Waals surface area contributed by atoms with Crippen LogP contribution < -0.4 is 5.32 Å². The van der Waals surface area contributed by atoms with Gasteiger partial charge in [-0.05, 0) is 18.2 Å². The molecule has 130 valence electrons. The maximum absolute atomic E-state index is 12.3. The van der Waals surface area contributed by atoms with Crippen molar-refractivity contribution in [1.82, 2.24) is 4.98 Å². The Morgan fingerprint density at radius 1 is 1.19 bits per heavy atom. The lowest BCUT2D eigenvalue weighted by molar-refractivity contribution is -0.113. The molecule has 0 unspecified atom stereocenters. The fourth-order valence-corrected chi connectivity index (χ4v) is 4.12. The summed E-state index contributed by atoms with van der Waals surface area (Å²) in [5, 5.41) is 5.55. The Labute approximate surface area is 158 Å². The number of amides is 1. The van der Waals surface area contributed by atoms with Gasteiger partial charge in [0.1, 0.15) is 11.6 Å². The molecule has 1 N–H and O–H groups in total. The van der Waals surface area contributed by atoms with Crippen molar-refractivity contribution in [3.05, 3.63) is 65.2 Å². The summed E-state index contributed by atoms with van der Waals surface area (Å²) < 4.78 is 5.37. The molecule has 2 aromatic carbocycles. The van der Waals surface area contributed by atoms with Gasteiger partial charge in [-0.3, -0.25) is 4.79 Å². The van der Waals surface area contributed by atoms with E-state index in [2.05, 4.69) is 10.3 Å². The number of aromatic nitrogens is 1. The number of thiazole rings is 1. The minimum absolute atomic E-state index is 0.0658. The molecule has 1 aliphatic heterocycles. The number of hydrogen-bond donors (Lipinski definition) is 1. The molecular weight excluding hydrogens is 368 g/mol. The Kier molecular flexibility index (Phi) is 4.73. The highest BCUT2D eigenvalue weighted by molar-refractivity contribution is 8.00. The van der Waals surface area contributed by atoms with Gasteiger partial charge in [0.05, 0.1) is 22.7 Å². The highest BCUT2D eigenvalue weighted by Gasteiger charge is 2.18. The summed E-state index contributed by atoms with van der Waals surface area (Å²) in [6.07, 6.45) is 0. The van der Waals surface area contributed by atoms with Gasteiger partial charge < -0.3 is 10.1 Å². The number of carbonyl (C=O) groups excluding carboxylic acids is 2. The van der Waals surface area contributed by atoms with Crippen LogP contribution in [0.5, 0.6) is 0 Å². The lowest BCUT2D eigenvalue weighted by Gasteiger charge is -2.16. The third-order valence-electron chi connectivity index (χ3n) is 3.77. The van der Waals surface area contributed by atoms with Gasteiger partial charge in [-0.25, -0.2) is 9.78 Å². The van der Waals surface area contributed by atoms with Crippen LogP contribution in [0.3, 0.4) is 0 Å². The summed E-state index contributed by atoms with van der Waals surface area (Å²) in [7, 11) is 0. The first-order chi connectivity index (χ1) is 12.7. The van der Waals surface area contributed by atoms with E-state index in [0.717, 1.165) is 15.5 Å². The molecule has 26 heavy (non-hydrogen) atoms. The van der Waals surface area contributed by atoms with E-state index in [1.54, 1.807) is 12.1 Å².